The third kappa shape index (κ3) is 3.38. The zero-order chi connectivity index (χ0) is 20.7. The van der Waals surface area contributed by atoms with E-state index < -0.39 is 29.7 Å². The third-order valence-electron chi connectivity index (χ3n) is 3.92. The summed E-state index contributed by atoms with van der Waals surface area (Å²) in [6, 6.07) is 8.74. The quantitative estimate of drug-likeness (QED) is 0.726. The largest absolute Gasteiger partial charge is 0.440 e. The summed E-state index contributed by atoms with van der Waals surface area (Å²) in [5, 5.41) is 3.52. The van der Waals surface area contributed by atoms with Gasteiger partial charge in [-0.15, -0.1) is 0 Å². The summed E-state index contributed by atoms with van der Waals surface area (Å²) in [5.41, 5.74) is -4.00. The zero-order valence-corrected chi connectivity index (χ0v) is 15.2. The summed E-state index contributed by atoms with van der Waals surface area (Å²) in [6.45, 7) is 0. The van der Waals surface area contributed by atoms with Gasteiger partial charge >= 0.3 is 12.2 Å². The van der Waals surface area contributed by atoms with Gasteiger partial charge in [0.05, 0.1) is 5.69 Å². The highest BCUT2D eigenvalue weighted by molar-refractivity contribution is 6.32. The van der Waals surface area contributed by atoms with Crippen LogP contribution in [0.3, 0.4) is 0 Å². The Morgan fingerprint density at radius 2 is 1.68 bits per heavy atom. The molecule has 1 saturated heterocycles. The lowest BCUT2D eigenvalue weighted by Gasteiger charge is -2.29. The molecular weight excluding hydrogens is 422 g/mol. The Hall–Kier alpha value is -2.78. The number of amides is 4. The predicted molar refractivity (Wildman–Crippen MR) is 95.2 cm³/mol. The van der Waals surface area contributed by atoms with Crippen LogP contribution in [0, 0.1) is 0 Å². The Labute approximate surface area is 166 Å². The van der Waals surface area contributed by atoms with Gasteiger partial charge in [-0.3, -0.25) is 14.9 Å². The first-order valence-corrected chi connectivity index (χ1v) is 8.38. The molecule has 6 nitrogen and oxygen atoms in total. The highest BCUT2D eigenvalue weighted by atomic mass is 35.5. The minimum Gasteiger partial charge on any atom is -0.314 e. The second-order valence-electron chi connectivity index (χ2n) is 5.76. The first-order chi connectivity index (χ1) is 13.0. The summed E-state index contributed by atoms with van der Waals surface area (Å²) in [6.07, 6.45) is -5.32. The molecule has 1 aliphatic rings. The number of hydrogen-bond acceptors (Lipinski definition) is 3. The summed E-state index contributed by atoms with van der Waals surface area (Å²) in [7, 11) is 0. The topological polar surface area (TPSA) is 78.5 Å². The number of urea groups is 1. The molecule has 1 aliphatic heterocycles. The molecule has 0 bridgehead atoms. The van der Waals surface area contributed by atoms with E-state index in [0.29, 0.717) is 0 Å². The maximum absolute atomic E-state index is 13.8. The van der Waals surface area contributed by atoms with Crippen molar-refractivity contribution in [2.45, 2.75) is 11.8 Å². The van der Waals surface area contributed by atoms with Crippen molar-refractivity contribution in [2.75, 3.05) is 4.90 Å². The Morgan fingerprint density at radius 3 is 2.25 bits per heavy atom. The molecule has 2 N–H and O–H groups in total. The summed E-state index contributed by atoms with van der Waals surface area (Å²) >= 11 is 11.5. The molecule has 11 heteroatoms. The maximum Gasteiger partial charge on any atom is 0.440 e. The highest BCUT2D eigenvalue weighted by Gasteiger charge is 2.69. The van der Waals surface area contributed by atoms with Gasteiger partial charge in [0.25, 0.3) is 17.5 Å². The van der Waals surface area contributed by atoms with E-state index in [1.54, 1.807) is 10.6 Å². The number of hydrogen-bond donors (Lipinski definition) is 2. The van der Waals surface area contributed by atoms with Crippen LogP contribution in [0.4, 0.5) is 23.7 Å². The smallest absolute Gasteiger partial charge is 0.314 e. The molecule has 146 valence electrons. The van der Waals surface area contributed by atoms with Crippen LogP contribution >= 0.6 is 23.2 Å². The van der Waals surface area contributed by atoms with E-state index in [1.165, 1.54) is 42.5 Å². The second kappa shape index (κ2) is 6.99. The van der Waals surface area contributed by atoms with Gasteiger partial charge in [0.15, 0.2) is 0 Å². The van der Waals surface area contributed by atoms with Crippen LogP contribution in [0.1, 0.15) is 10.4 Å². The molecule has 3 rings (SSSR count). The summed E-state index contributed by atoms with van der Waals surface area (Å²) < 4.78 is 41.5. The first-order valence-electron chi connectivity index (χ1n) is 7.62. The van der Waals surface area contributed by atoms with Crippen LogP contribution in [0.25, 0.3) is 0 Å². The number of benzene rings is 2. The lowest BCUT2D eigenvalue weighted by atomic mass is 10.1. The molecule has 0 aliphatic carbocycles. The molecule has 0 aromatic heterocycles. The van der Waals surface area contributed by atoms with Gasteiger partial charge in [-0.1, -0.05) is 29.3 Å². The first kappa shape index (κ1) is 20.0. The van der Waals surface area contributed by atoms with E-state index in [1.807, 2.05) is 0 Å². The van der Waals surface area contributed by atoms with Crippen molar-refractivity contribution in [2.24, 2.45) is 0 Å². The fourth-order valence-corrected chi connectivity index (χ4v) is 2.88. The monoisotopic (exact) mass is 431 g/mol. The van der Waals surface area contributed by atoms with Crippen LogP contribution in [-0.2, 0) is 4.79 Å². The van der Waals surface area contributed by atoms with E-state index in [2.05, 4.69) is 0 Å². The summed E-state index contributed by atoms with van der Waals surface area (Å²) in [5.74, 6) is -2.94. The number of anilines is 1. The average Bonchev–Trinajstić information content (AvgIpc) is 2.86. The zero-order valence-electron chi connectivity index (χ0n) is 13.7. The molecule has 0 saturated carbocycles. The van der Waals surface area contributed by atoms with Crippen molar-refractivity contribution in [1.82, 2.24) is 10.6 Å². The second-order valence-corrected chi connectivity index (χ2v) is 6.63. The van der Waals surface area contributed by atoms with Gasteiger partial charge in [-0.2, -0.15) is 13.2 Å². The summed E-state index contributed by atoms with van der Waals surface area (Å²) in [4.78, 5) is 37.4. The standard InChI is InChI=1S/C17H10Cl2F3N3O3/c18-10-6-4-9(5-7-10)13(26)23-16(17(20,21)22)14(27)25(15(28)24-16)12-3-1-2-11(19)8-12/h1-8H,(H,23,26)(H,24,28)/t16-/m1/s1. The molecule has 28 heavy (non-hydrogen) atoms. The number of nitrogens with one attached hydrogen (secondary N) is 2. The van der Waals surface area contributed by atoms with Crippen LogP contribution < -0.4 is 15.5 Å². The molecule has 0 spiro atoms. The van der Waals surface area contributed by atoms with Crippen molar-refractivity contribution in [3.05, 3.63) is 64.1 Å². The average molecular weight is 432 g/mol. The molecule has 0 radical (unpaired) electrons. The van der Waals surface area contributed by atoms with Gasteiger partial charge in [0.1, 0.15) is 0 Å². The minimum absolute atomic E-state index is 0.104. The normalized spacial score (nSPS) is 19.5. The van der Waals surface area contributed by atoms with Crippen LogP contribution in [-0.4, -0.2) is 29.7 Å². The van der Waals surface area contributed by atoms with Crippen LogP contribution in [0.15, 0.2) is 48.5 Å². The molecule has 2 aromatic rings. The molecule has 1 heterocycles. The molecule has 1 atom stereocenters. The number of nitrogens with zero attached hydrogens (tertiary/aromatic N) is 1. The fourth-order valence-electron chi connectivity index (χ4n) is 2.57. The van der Waals surface area contributed by atoms with Gasteiger partial charge in [0, 0.05) is 15.6 Å². The number of carbonyl (C=O) groups is 3. The van der Waals surface area contributed by atoms with E-state index in [4.69, 9.17) is 23.2 Å². The Balaban J connectivity index is 2.00. The molecule has 0 unspecified atom stereocenters. The third-order valence-corrected chi connectivity index (χ3v) is 4.41. The number of rotatable bonds is 3. The Morgan fingerprint density at radius 1 is 1.04 bits per heavy atom. The van der Waals surface area contributed by atoms with E-state index in [-0.39, 0.29) is 26.2 Å². The molecule has 1 fully saturated rings. The Bertz CT molecular complexity index is 966. The van der Waals surface area contributed by atoms with Crippen molar-refractivity contribution in [1.29, 1.82) is 0 Å². The highest BCUT2D eigenvalue weighted by Crippen LogP contribution is 2.36. The van der Waals surface area contributed by atoms with Gasteiger partial charge < -0.3 is 5.32 Å². The lowest BCUT2D eigenvalue weighted by molar-refractivity contribution is -0.197. The molecule has 4 amide bonds. The van der Waals surface area contributed by atoms with Crippen LogP contribution in [0.2, 0.25) is 10.0 Å². The van der Waals surface area contributed by atoms with Crippen molar-refractivity contribution in [3.63, 3.8) is 0 Å². The van der Waals surface area contributed by atoms with Gasteiger partial charge in [-0.05, 0) is 42.5 Å². The number of carbonyl (C=O) groups excluding carboxylic acids is 3. The van der Waals surface area contributed by atoms with E-state index in [9.17, 15) is 27.6 Å². The molecular formula is C17H10Cl2F3N3O3. The van der Waals surface area contributed by atoms with Gasteiger partial charge in [-0.25, -0.2) is 9.69 Å². The van der Waals surface area contributed by atoms with Gasteiger partial charge in [0.2, 0.25) is 0 Å². The van der Waals surface area contributed by atoms with E-state index in [0.717, 1.165) is 6.07 Å². The Kier molecular flexibility index (Phi) is 4.99. The fraction of sp³-hybridized carbons (Fsp3) is 0.118. The minimum atomic E-state index is -5.32. The predicted octanol–water partition coefficient (Wildman–Crippen LogP) is 3.74. The SMILES string of the molecule is O=C(N[C@@]1(C(F)(F)F)NC(=O)N(c2cccc(Cl)c2)C1=O)c1ccc(Cl)cc1. The number of alkyl halides is 3. The van der Waals surface area contributed by atoms with Crippen LogP contribution in [0.5, 0.6) is 0 Å². The number of halogens is 5. The lowest BCUT2D eigenvalue weighted by Crippen LogP contribution is -2.69. The van der Waals surface area contributed by atoms with Crippen molar-refractivity contribution < 1.29 is 27.6 Å². The molecule has 2 aromatic carbocycles. The van der Waals surface area contributed by atoms with E-state index >= 15 is 0 Å². The number of imide groups is 1. The maximum atomic E-state index is 13.8. The van der Waals surface area contributed by atoms with Crippen molar-refractivity contribution in [3.8, 4) is 0 Å². The van der Waals surface area contributed by atoms with Crippen molar-refractivity contribution >= 4 is 46.7 Å².